The van der Waals surface area contributed by atoms with Crippen molar-refractivity contribution in [3.8, 4) is 0 Å². The van der Waals surface area contributed by atoms with E-state index in [2.05, 4.69) is 14.9 Å². The second-order valence-corrected chi connectivity index (χ2v) is 6.90. The van der Waals surface area contributed by atoms with Gasteiger partial charge in [-0.25, -0.2) is 8.42 Å². The van der Waals surface area contributed by atoms with Gasteiger partial charge in [-0.15, -0.1) is 0 Å². The Kier molecular flexibility index (Phi) is 4.32. The van der Waals surface area contributed by atoms with Crippen molar-refractivity contribution >= 4 is 15.7 Å². The van der Waals surface area contributed by atoms with Gasteiger partial charge in [-0.3, -0.25) is 14.1 Å². The van der Waals surface area contributed by atoms with Gasteiger partial charge >= 0.3 is 0 Å². The molecule has 0 radical (unpaired) electrons. The molecule has 0 fully saturated rings. The molecule has 0 unspecified atom stereocenters. The fraction of sp³-hybridized carbons (Fsp3) is 0.571. The molecule has 0 saturated carbocycles. The monoisotopic (exact) mass is 325 g/mol. The molecule has 0 spiro atoms. The van der Waals surface area contributed by atoms with Crippen LogP contribution in [0.15, 0.2) is 4.90 Å². The fourth-order valence-corrected chi connectivity index (χ4v) is 4.31. The van der Waals surface area contributed by atoms with E-state index in [0.717, 1.165) is 5.69 Å². The SMILES string of the molecule is CCn1nc(C)c(NS(=O)(=O)c2c(C)nn(CC)c2C)c1C. The van der Waals surface area contributed by atoms with Crippen molar-refractivity contribution in [3.63, 3.8) is 0 Å². The van der Waals surface area contributed by atoms with Gasteiger partial charge in [-0.2, -0.15) is 10.2 Å². The Labute approximate surface area is 131 Å². The lowest BCUT2D eigenvalue weighted by Gasteiger charge is -2.09. The Bertz CT molecular complexity index is 802. The van der Waals surface area contributed by atoms with Crippen molar-refractivity contribution in [3.05, 3.63) is 22.8 Å². The standard InChI is InChI=1S/C14H23N5O2S/c1-7-18-11(5)13(9(3)15-18)17-22(20,21)14-10(4)16-19(8-2)12(14)6/h17H,7-8H2,1-6H3. The molecule has 22 heavy (non-hydrogen) atoms. The quantitative estimate of drug-likeness (QED) is 0.913. The molecule has 0 amide bonds. The zero-order chi connectivity index (χ0) is 16.7. The number of nitrogens with one attached hydrogen (secondary N) is 1. The van der Waals surface area contributed by atoms with Crippen LogP contribution in [0.2, 0.25) is 0 Å². The summed E-state index contributed by atoms with van der Waals surface area (Å²) in [5, 5.41) is 8.62. The average Bonchev–Trinajstić information content (AvgIpc) is 2.88. The Hall–Kier alpha value is -1.83. The summed E-state index contributed by atoms with van der Waals surface area (Å²) in [5.74, 6) is 0. The Morgan fingerprint density at radius 1 is 0.909 bits per heavy atom. The lowest BCUT2D eigenvalue weighted by Crippen LogP contribution is -2.16. The third-order valence-electron chi connectivity index (χ3n) is 3.80. The number of hydrogen-bond donors (Lipinski definition) is 1. The van der Waals surface area contributed by atoms with E-state index in [0.29, 0.717) is 35.9 Å². The lowest BCUT2D eigenvalue weighted by molar-refractivity contribution is 0.598. The summed E-state index contributed by atoms with van der Waals surface area (Å²) in [4.78, 5) is 0.248. The number of anilines is 1. The van der Waals surface area contributed by atoms with Gasteiger partial charge in [-0.05, 0) is 41.5 Å². The van der Waals surface area contributed by atoms with Crippen molar-refractivity contribution in [2.24, 2.45) is 0 Å². The molecule has 0 atom stereocenters. The predicted octanol–water partition coefficient (Wildman–Crippen LogP) is 2.15. The minimum atomic E-state index is -3.69. The van der Waals surface area contributed by atoms with E-state index in [1.165, 1.54) is 0 Å². The van der Waals surface area contributed by atoms with E-state index < -0.39 is 10.0 Å². The van der Waals surface area contributed by atoms with Gasteiger partial charge in [-0.1, -0.05) is 0 Å². The normalized spacial score (nSPS) is 11.9. The maximum Gasteiger partial charge on any atom is 0.265 e. The van der Waals surface area contributed by atoms with Crippen molar-refractivity contribution in [2.45, 2.75) is 59.5 Å². The predicted molar refractivity (Wildman–Crippen MR) is 85.6 cm³/mol. The van der Waals surface area contributed by atoms with Gasteiger partial charge in [0.1, 0.15) is 4.90 Å². The van der Waals surface area contributed by atoms with Gasteiger partial charge in [0, 0.05) is 13.1 Å². The first-order chi connectivity index (χ1) is 10.2. The minimum absolute atomic E-state index is 0.248. The van der Waals surface area contributed by atoms with E-state index in [-0.39, 0.29) is 4.90 Å². The highest BCUT2D eigenvalue weighted by Gasteiger charge is 2.26. The van der Waals surface area contributed by atoms with Crippen LogP contribution in [0.4, 0.5) is 5.69 Å². The van der Waals surface area contributed by atoms with E-state index >= 15 is 0 Å². The molecule has 0 saturated heterocycles. The summed E-state index contributed by atoms with van der Waals surface area (Å²) in [6, 6.07) is 0. The summed E-state index contributed by atoms with van der Waals surface area (Å²) in [5.41, 5.74) is 3.17. The molecule has 0 aliphatic carbocycles. The molecule has 0 aromatic carbocycles. The molecule has 1 N–H and O–H groups in total. The van der Waals surface area contributed by atoms with Crippen LogP contribution in [0.3, 0.4) is 0 Å². The third kappa shape index (κ3) is 2.63. The number of hydrogen-bond acceptors (Lipinski definition) is 4. The first-order valence-corrected chi connectivity index (χ1v) is 8.82. The zero-order valence-corrected chi connectivity index (χ0v) is 14.7. The number of aryl methyl sites for hydroxylation is 4. The maximum absolute atomic E-state index is 12.8. The fourth-order valence-electron chi connectivity index (χ4n) is 2.72. The first-order valence-electron chi connectivity index (χ1n) is 7.33. The third-order valence-corrected chi connectivity index (χ3v) is 5.40. The molecule has 0 aliphatic rings. The smallest absolute Gasteiger partial charge is 0.265 e. The van der Waals surface area contributed by atoms with E-state index in [4.69, 9.17) is 0 Å². The lowest BCUT2D eigenvalue weighted by atomic mass is 10.3. The first kappa shape index (κ1) is 16.5. The Morgan fingerprint density at radius 2 is 1.41 bits per heavy atom. The van der Waals surface area contributed by atoms with Crippen LogP contribution in [-0.4, -0.2) is 28.0 Å². The van der Waals surface area contributed by atoms with Crippen molar-refractivity contribution < 1.29 is 8.42 Å². The highest BCUT2D eigenvalue weighted by atomic mass is 32.2. The van der Waals surface area contributed by atoms with Crippen molar-refractivity contribution in [2.75, 3.05) is 4.72 Å². The van der Waals surface area contributed by atoms with Gasteiger partial charge in [0.25, 0.3) is 10.0 Å². The molecule has 122 valence electrons. The van der Waals surface area contributed by atoms with Crippen LogP contribution in [0.1, 0.15) is 36.6 Å². The number of nitrogens with zero attached hydrogens (tertiary/aromatic N) is 4. The molecule has 7 nitrogen and oxygen atoms in total. The van der Waals surface area contributed by atoms with Crippen molar-refractivity contribution in [1.82, 2.24) is 19.6 Å². The van der Waals surface area contributed by atoms with Crippen molar-refractivity contribution in [1.29, 1.82) is 0 Å². The zero-order valence-electron chi connectivity index (χ0n) is 13.9. The molecule has 0 aliphatic heterocycles. The highest BCUT2D eigenvalue weighted by molar-refractivity contribution is 7.92. The molecular formula is C14H23N5O2S. The average molecular weight is 325 g/mol. The minimum Gasteiger partial charge on any atom is -0.276 e. The summed E-state index contributed by atoms with van der Waals surface area (Å²) >= 11 is 0. The Morgan fingerprint density at radius 3 is 1.86 bits per heavy atom. The summed E-state index contributed by atoms with van der Waals surface area (Å²) < 4.78 is 31.7. The molecule has 2 rings (SSSR count). The van der Waals surface area contributed by atoms with Crippen LogP contribution in [0, 0.1) is 27.7 Å². The van der Waals surface area contributed by atoms with Gasteiger partial charge in [0.05, 0.1) is 28.5 Å². The van der Waals surface area contributed by atoms with Gasteiger partial charge in [0.15, 0.2) is 0 Å². The summed E-state index contributed by atoms with van der Waals surface area (Å²) in [7, 11) is -3.69. The second kappa shape index (κ2) is 5.75. The van der Waals surface area contributed by atoms with Gasteiger partial charge < -0.3 is 0 Å². The topological polar surface area (TPSA) is 81.8 Å². The molecule has 2 heterocycles. The van der Waals surface area contributed by atoms with Gasteiger partial charge in [0.2, 0.25) is 0 Å². The Balaban J connectivity index is 2.50. The molecule has 2 aromatic heterocycles. The van der Waals surface area contributed by atoms with Crippen LogP contribution >= 0.6 is 0 Å². The van der Waals surface area contributed by atoms with E-state index in [1.807, 2.05) is 20.8 Å². The number of sulfonamides is 1. The van der Waals surface area contributed by atoms with Crippen LogP contribution in [0.25, 0.3) is 0 Å². The van der Waals surface area contributed by atoms with E-state index in [1.54, 1.807) is 30.1 Å². The summed E-state index contributed by atoms with van der Waals surface area (Å²) in [6.07, 6.45) is 0. The molecular weight excluding hydrogens is 302 g/mol. The van der Waals surface area contributed by atoms with Crippen LogP contribution < -0.4 is 4.72 Å². The molecule has 8 heteroatoms. The number of aromatic nitrogens is 4. The maximum atomic E-state index is 12.8. The highest BCUT2D eigenvalue weighted by Crippen LogP contribution is 2.26. The summed E-state index contributed by atoms with van der Waals surface area (Å²) in [6.45, 7) is 12.4. The molecule has 2 aromatic rings. The van der Waals surface area contributed by atoms with E-state index in [9.17, 15) is 8.42 Å². The largest absolute Gasteiger partial charge is 0.276 e. The second-order valence-electron chi connectivity index (χ2n) is 5.28. The number of rotatable bonds is 5. The van der Waals surface area contributed by atoms with Crippen LogP contribution in [-0.2, 0) is 23.1 Å². The molecule has 0 bridgehead atoms. The van der Waals surface area contributed by atoms with Crippen LogP contribution in [0.5, 0.6) is 0 Å².